The molecule has 204 valence electrons. The smallest absolute Gasteiger partial charge is 0.224 e. The van der Waals surface area contributed by atoms with Gasteiger partial charge in [0.2, 0.25) is 17.8 Å². The molecule has 0 radical (unpaired) electrons. The number of hydrogen-bond donors (Lipinski definition) is 3. The number of benzene rings is 1. The first kappa shape index (κ1) is 26.2. The van der Waals surface area contributed by atoms with E-state index in [0.29, 0.717) is 35.3 Å². The molecule has 3 N–H and O–H groups in total. The number of rotatable bonds is 10. The standard InChI is InChI=1S/C27H34F3N7O/c1-3-5-19(4-2)37-24-22(34-27(37)35-23-20(29)12-16(28)13-21(23)30)14-31-26(36-24)33-18-8-6-15(7-9-18)25(38)32-17-10-11-17/h12-15,17-19H,3-11H2,1-2H3,(H,32,38)(H,34,35)(H,31,33,36)/t15-,18-,19-/m1/s1. The highest BCUT2D eigenvalue weighted by Gasteiger charge is 2.31. The molecule has 1 amide bonds. The molecule has 0 spiro atoms. The third-order valence-corrected chi connectivity index (χ3v) is 7.49. The van der Waals surface area contributed by atoms with Gasteiger partial charge in [0.05, 0.1) is 6.20 Å². The molecule has 2 fully saturated rings. The van der Waals surface area contributed by atoms with E-state index >= 15 is 0 Å². The van der Waals surface area contributed by atoms with Gasteiger partial charge in [-0.2, -0.15) is 4.98 Å². The van der Waals surface area contributed by atoms with Gasteiger partial charge in [-0.05, 0) is 51.4 Å². The average molecular weight is 530 g/mol. The quantitative estimate of drug-likeness (QED) is 0.299. The molecule has 3 aromatic rings. The third kappa shape index (κ3) is 5.71. The van der Waals surface area contributed by atoms with E-state index in [9.17, 15) is 18.0 Å². The fraction of sp³-hybridized carbons (Fsp3) is 0.556. The first-order valence-electron chi connectivity index (χ1n) is 13.6. The Labute approximate surface area is 219 Å². The van der Waals surface area contributed by atoms with E-state index < -0.39 is 23.1 Å². The largest absolute Gasteiger partial charge is 0.353 e. The lowest BCUT2D eigenvalue weighted by molar-refractivity contribution is -0.126. The molecule has 2 saturated carbocycles. The Hall–Kier alpha value is -3.37. The number of anilines is 3. The number of fused-ring (bicyclic) bond motifs is 1. The molecule has 2 aliphatic rings. The molecule has 0 aliphatic heterocycles. The second-order valence-corrected chi connectivity index (χ2v) is 10.4. The summed E-state index contributed by atoms with van der Waals surface area (Å²) in [6.07, 6.45) is 9.53. The molecule has 0 unspecified atom stereocenters. The monoisotopic (exact) mass is 529 g/mol. The number of nitrogens with zero attached hydrogens (tertiary/aromatic N) is 4. The lowest BCUT2D eigenvalue weighted by Crippen LogP contribution is -2.37. The molecule has 2 aromatic heterocycles. The van der Waals surface area contributed by atoms with Gasteiger partial charge in [0.15, 0.2) is 17.3 Å². The van der Waals surface area contributed by atoms with Gasteiger partial charge in [-0.15, -0.1) is 0 Å². The minimum Gasteiger partial charge on any atom is -0.353 e. The number of carbonyl (C=O) groups excluding carboxylic acids is 1. The molecule has 8 nitrogen and oxygen atoms in total. The number of carbonyl (C=O) groups is 1. The molecule has 1 atom stereocenters. The summed E-state index contributed by atoms with van der Waals surface area (Å²) in [6.45, 7) is 4.10. The first-order valence-corrected chi connectivity index (χ1v) is 13.6. The van der Waals surface area contributed by atoms with Crippen molar-refractivity contribution < 1.29 is 18.0 Å². The minimum atomic E-state index is -1.04. The summed E-state index contributed by atoms with van der Waals surface area (Å²) in [5.41, 5.74) is 0.560. The highest BCUT2D eigenvalue weighted by molar-refractivity contribution is 5.79. The van der Waals surface area contributed by atoms with Crippen LogP contribution in [-0.2, 0) is 4.79 Å². The van der Waals surface area contributed by atoms with Crippen molar-refractivity contribution in [2.24, 2.45) is 5.92 Å². The van der Waals surface area contributed by atoms with Crippen molar-refractivity contribution in [2.75, 3.05) is 10.6 Å². The van der Waals surface area contributed by atoms with Crippen molar-refractivity contribution in [3.8, 4) is 0 Å². The number of hydrogen-bond acceptors (Lipinski definition) is 6. The first-order chi connectivity index (χ1) is 18.4. The van der Waals surface area contributed by atoms with Crippen LogP contribution in [0.25, 0.3) is 11.2 Å². The Morgan fingerprint density at radius 3 is 2.34 bits per heavy atom. The number of aromatic nitrogens is 4. The summed E-state index contributed by atoms with van der Waals surface area (Å²) >= 11 is 0. The van der Waals surface area contributed by atoms with E-state index in [0.717, 1.165) is 57.8 Å². The zero-order valence-electron chi connectivity index (χ0n) is 21.7. The molecular formula is C27H34F3N7O. The third-order valence-electron chi connectivity index (χ3n) is 7.49. The zero-order chi connectivity index (χ0) is 26.8. The van der Waals surface area contributed by atoms with E-state index in [1.54, 1.807) is 6.20 Å². The van der Waals surface area contributed by atoms with Gasteiger partial charge in [0.25, 0.3) is 0 Å². The summed E-state index contributed by atoms with van der Waals surface area (Å²) in [5, 5.41) is 9.26. The van der Waals surface area contributed by atoms with Crippen LogP contribution in [0.3, 0.4) is 0 Å². The van der Waals surface area contributed by atoms with Crippen LogP contribution in [0.2, 0.25) is 0 Å². The molecule has 2 heterocycles. The Bertz CT molecular complexity index is 1280. The summed E-state index contributed by atoms with van der Waals surface area (Å²) in [6, 6.07) is 1.76. The molecule has 0 bridgehead atoms. The Morgan fingerprint density at radius 1 is 1.03 bits per heavy atom. The van der Waals surface area contributed by atoms with Crippen LogP contribution < -0.4 is 16.0 Å². The minimum absolute atomic E-state index is 0.0257. The predicted molar refractivity (Wildman–Crippen MR) is 140 cm³/mol. The summed E-state index contributed by atoms with van der Waals surface area (Å²) in [7, 11) is 0. The summed E-state index contributed by atoms with van der Waals surface area (Å²) < 4.78 is 44.2. The molecule has 1 aromatic carbocycles. The van der Waals surface area contributed by atoms with Crippen LogP contribution in [-0.4, -0.2) is 37.5 Å². The van der Waals surface area contributed by atoms with Gasteiger partial charge in [-0.3, -0.25) is 9.36 Å². The Balaban J connectivity index is 1.38. The lowest BCUT2D eigenvalue weighted by atomic mass is 9.85. The average Bonchev–Trinajstić information content (AvgIpc) is 3.64. The van der Waals surface area contributed by atoms with E-state index in [1.165, 1.54) is 0 Å². The topological polar surface area (TPSA) is 96.8 Å². The highest BCUT2D eigenvalue weighted by atomic mass is 19.1. The maximum atomic E-state index is 14.4. The SMILES string of the molecule is CCC[C@@H](CC)n1c(Nc2c(F)cc(F)cc2F)nc2cnc(N[C@H]3CC[C@H](C(=O)NC4CC4)CC3)nc21. The van der Waals surface area contributed by atoms with Crippen LogP contribution in [0.5, 0.6) is 0 Å². The number of amides is 1. The van der Waals surface area contributed by atoms with Gasteiger partial charge in [0, 0.05) is 36.2 Å². The van der Waals surface area contributed by atoms with E-state index in [2.05, 4.69) is 32.8 Å². The Morgan fingerprint density at radius 2 is 1.71 bits per heavy atom. The normalized spacial score (nSPS) is 20.3. The van der Waals surface area contributed by atoms with Crippen molar-refractivity contribution >= 4 is 34.7 Å². The maximum absolute atomic E-state index is 14.4. The van der Waals surface area contributed by atoms with Gasteiger partial charge < -0.3 is 16.0 Å². The van der Waals surface area contributed by atoms with Crippen LogP contribution in [0.4, 0.5) is 30.8 Å². The summed E-state index contributed by atoms with van der Waals surface area (Å²) in [4.78, 5) is 26.1. The van der Waals surface area contributed by atoms with Crippen molar-refractivity contribution in [2.45, 2.75) is 89.8 Å². The van der Waals surface area contributed by atoms with Crippen molar-refractivity contribution in [1.82, 2.24) is 24.8 Å². The fourth-order valence-corrected chi connectivity index (χ4v) is 5.25. The van der Waals surface area contributed by atoms with Crippen LogP contribution >= 0.6 is 0 Å². The van der Waals surface area contributed by atoms with E-state index in [4.69, 9.17) is 4.98 Å². The van der Waals surface area contributed by atoms with Gasteiger partial charge in [-0.1, -0.05) is 20.3 Å². The maximum Gasteiger partial charge on any atom is 0.224 e. The molecule has 0 saturated heterocycles. The van der Waals surface area contributed by atoms with Crippen LogP contribution in [0.1, 0.15) is 77.7 Å². The summed E-state index contributed by atoms with van der Waals surface area (Å²) in [5.74, 6) is -2.18. The molecule has 11 heteroatoms. The second-order valence-electron chi connectivity index (χ2n) is 10.4. The molecular weight excluding hydrogens is 495 g/mol. The van der Waals surface area contributed by atoms with Crippen LogP contribution in [0.15, 0.2) is 18.3 Å². The van der Waals surface area contributed by atoms with Gasteiger partial charge in [0.1, 0.15) is 17.0 Å². The van der Waals surface area contributed by atoms with E-state index in [1.807, 2.05) is 11.5 Å². The number of halogens is 3. The Kier molecular flexibility index (Phi) is 7.71. The fourth-order valence-electron chi connectivity index (χ4n) is 5.25. The predicted octanol–water partition coefficient (Wildman–Crippen LogP) is 5.99. The van der Waals surface area contributed by atoms with Crippen molar-refractivity contribution in [3.63, 3.8) is 0 Å². The zero-order valence-corrected chi connectivity index (χ0v) is 21.7. The molecule has 5 rings (SSSR count). The number of imidazole rings is 1. The van der Waals surface area contributed by atoms with Gasteiger partial charge >= 0.3 is 0 Å². The van der Waals surface area contributed by atoms with Crippen LogP contribution in [0, 0.1) is 23.4 Å². The second kappa shape index (κ2) is 11.2. The van der Waals surface area contributed by atoms with E-state index in [-0.39, 0.29) is 29.9 Å². The molecule has 2 aliphatic carbocycles. The number of nitrogens with one attached hydrogen (secondary N) is 3. The highest BCUT2D eigenvalue weighted by Crippen LogP contribution is 2.33. The van der Waals surface area contributed by atoms with Gasteiger partial charge in [-0.25, -0.2) is 23.1 Å². The van der Waals surface area contributed by atoms with Crippen molar-refractivity contribution in [1.29, 1.82) is 0 Å². The van der Waals surface area contributed by atoms with Crippen molar-refractivity contribution in [3.05, 3.63) is 35.8 Å². The molecule has 38 heavy (non-hydrogen) atoms. The lowest BCUT2D eigenvalue weighted by Gasteiger charge is -2.28.